The van der Waals surface area contributed by atoms with Crippen molar-refractivity contribution in [3.63, 3.8) is 0 Å². The van der Waals surface area contributed by atoms with E-state index in [0.29, 0.717) is 4.60 Å². The number of halogens is 1. The van der Waals surface area contributed by atoms with E-state index in [2.05, 4.69) is 20.9 Å². The molecule has 0 aromatic carbocycles. The number of hydrogen-bond donors (Lipinski definition) is 0. The zero-order valence-corrected chi connectivity index (χ0v) is 19.0. The van der Waals surface area contributed by atoms with Crippen LogP contribution < -0.4 is 4.90 Å². The molecule has 10 heteroatoms. The molecule has 0 fully saturated rings. The van der Waals surface area contributed by atoms with Gasteiger partial charge in [0.1, 0.15) is 21.5 Å². The summed E-state index contributed by atoms with van der Waals surface area (Å²) in [6, 6.07) is 1.33. The Morgan fingerprint density at radius 2 is 1.55 bits per heavy atom. The summed E-state index contributed by atoms with van der Waals surface area (Å²) in [7, 11) is 1.23. The predicted octanol–water partition coefficient (Wildman–Crippen LogP) is 4.56. The molecule has 0 saturated carbocycles. The van der Waals surface area contributed by atoms with E-state index in [1.54, 1.807) is 41.5 Å². The van der Waals surface area contributed by atoms with Crippen molar-refractivity contribution in [2.24, 2.45) is 0 Å². The van der Waals surface area contributed by atoms with Crippen molar-refractivity contribution in [1.29, 1.82) is 0 Å². The Balaban J connectivity index is 2.71. The fraction of sp³-hybridized carbons (Fsp3) is 0.474. The molecule has 0 saturated heterocycles. The van der Waals surface area contributed by atoms with Gasteiger partial charge in [0.05, 0.1) is 18.9 Å². The molecule has 0 aliphatic rings. The molecule has 0 unspecified atom stereocenters. The molecule has 2 amide bonds. The van der Waals surface area contributed by atoms with Crippen molar-refractivity contribution in [3.05, 3.63) is 28.6 Å². The Morgan fingerprint density at radius 1 is 1.03 bits per heavy atom. The van der Waals surface area contributed by atoms with Gasteiger partial charge in [0, 0.05) is 6.20 Å². The van der Waals surface area contributed by atoms with Gasteiger partial charge in [-0.15, -0.1) is 0 Å². The normalized spacial score (nSPS) is 11.9. The van der Waals surface area contributed by atoms with Gasteiger partial charge in [-0.25, -0.2) is 19.4 Å². The number of ether oxygens (including phenoxy) is 3. The first-order valence-electron chi connectivity index (χ1n) is 8.74. The first-order valence-corrected chi connectivity index (χ1v) is 9.54. The van der Waals surface area contributed by atoms with Crippen LogP contribution in [0, 0.1) is 0 Å². The summed E-state index contributed by atoms with van der Waals surface area (Å²) >= 11 is 3.32. The number of rotatable bonds is 2. The first kappa shape index (κ1) is 22.7. The highest BCUT2D eigenvalue weighted by Crippen LogP contribution is 2.29. The molecule has 2 rings (SSSR count). The van der Waals surface area contributed by atoms with Crippen molar-refractivity contribution in [3.8, 4) is 0 Å². The van der Waals surface area contributed by atoms with Gasteiger partial charge >= 0.3 is 18.2 Å². The summed E-state index contributed by atoms with van der Waals surface area (Å²) in [5, 5.41) is 0. The summed E-state index contributed by atoms with van der Waals surface area (Å²) in [4.78, 5) is 42.9. The standard InChI is InChI=1S/C19H24BrN3O6/c1-18(2,3)28-16(25)23(17(26)29-19(4,5)6)12-8-11(15(24)27-7)10-22-13(20)9-21-14(12)22/h8-10H,1-7H3. The molecule has 0 aliphatic carbocycles. The second kappa shape index (κ2) is 8.02. The van der Waals surface area contributed by atoms with Crippen LogP contribution in [0.1, 0.15) is 51.9 Å². The monoisotopic (exact) mass is 469 g/mol. The van der Waals surface area contributed by atoms with Gasteiger partial charge in [-0.1, -0.05) is 0 Å². The SMILES string of the molecule is COC(=O)c1cc(N(C(=O)OC(C)(C)C)C(=O)OC(C)(C)C)c2ncc(Br)n2c1. The van der Waals surface area contributed by atoms with Crippen LogP contribution in [0.15, 0.2) is 23.1 Å². The third-order valence-electron chi connectivity index (χ3n) is 3.36. The van der Waals surface area contributed by atoms with Crippen LogP contribution in [0.2, 0.25) is 0 Å². The first-order chi connectivity index (χ1) is 13.2. The van der Waals surface area contributed by atoms with Crippen molar-refractivity contribution in [2.75, 3.05) is 12.0 Å². The summed E-state index contributed by atoms with van der Waals surface area (Å²) in [6.45, 7) is 10.0. The van der Waals surface area contributed by atoms with Crippen molar-refractivity contribution < 1.29 is 28.6 Å². The highest BCUT2D eigenvalue weighted by atomic mass is 79.9. The second-order valence-corrected chi connectivity index (χ2v) is 8.99. The molecule has 0 spiro atoms. The number of anilines is 1. The third kappa shape index (κ3) is 5.47. The maximum absolute atomic E-state index is 12.9. The number of carbonyl (C=O) groups is 3. The molecule has 0 N–H and O–H groups in total. The lowest BCUT2D eigenvalue weighted by Crippen LogP contribution is -2.44. The number of nitrogens with zero attached hydrogens (tertiary/aromatic N) is 3. The summed E-state index contributed by atoms with van der Waals surface area (Å²) < 4.78 is 17.6. The average molecular weight is 470 g/mol. The van der Waals surface area contributed by atoms with Gasteiger partial charge in [0.15, 0.2) is 5.65 Å². The van der Waals surface area contributed by atoms with Gasteiger partial charge in [0.25, 0.3) is 0 Å². The Bertz CT molecular complexity index is 927. The molecule has 2 heterocycles. The van der Waals surface area contributed by atoms with Gasteiger partial charge in [-0.3, -0.25) is 4.40 Å². The van der Waals surface area contributed by atoms with E-state index in [0.717, 1.165) is 4.90 Å². The van der Waals surface area contributed by atoms with Crippen molar-refractivity contribution >= 4 is 45.4 Å². The quantitative estimate of drug-likeness (QED) is 0.469. The van der Waals surface area contributed by atoms with E-state index in [4.69, 9.17) is 14.2 Å². The van der Waals surface area contributed by atoms with Crippen LogP contribution in [0.3, 0.4) is 0 Å². The number of amides is 2. The fourth-order valence-corrected chi connectivity index (χ4v) is 2.69. The molecule has 0 bridgehead atoms. The van der Waals surface area contributed by atoms with Gasteiger partial charge in [-0.2, -0.15) is 4.90 Å². The van der Waals surface area contributed by atoms with E-state index in [9.17, 15) is 14.4 Å². The lowest BCUT2D eigenvalue weighted by Gasteiger charge is -2.28. The average Bonchev–Trinajstić information content (AvgIpc) is 2.92. The van der Waals surface area contributed by atoms with Gasteiger partial charge in [-0.05, 0) is 63.5 Å². The van der Waals surface area contributed by atoms with Crippen LogP contribution in [0.25, 0.3) is 5.65 Å². The number of methoxy groups -OCH3 is 1. The number of pyridine rings is 1. The molecule has 0 radical (unpaired) electrons. The van der Waals surface area contributed by atoms with Crippen LogP contribution >= 0.6 is 15.9 Å². The molecule has 9 nitrogen and oxygen atoms in total. The molecule has 0 atom stereocenters. The zero-order valence-electron chi connectivity index (χ0n) is 17.4. The maximum atomic E-state index is 12.9. The number of aromatic nitrogens is 2. The largest absolute Gasteiger partial charge is 0.465 e. The molecule has 29 heavy (non-hydrogen) atoms. The smallest absolute Gasteiger partial charge is 0.424 e. The highest BCUT2D eigenvalue weighted by molar-refractivity contribution is 9.10. The summed E-state index contributed by atoms with van der Waals surface area (Å²) in [5.41, 5.74) is -1.39. The topological polar surface area (TPSA) is 99.4 Å². The molecule has 158 valence electrons. The Labute approximate surface area is 177 Å². The van der Waals surface area contributed by atoms with Crippen LogP contribution in [-0.2, 0) is 14.2 Å². The van der Waals surface area contributed by atoms with E-state index >= 15 is 0 Å². The Morgan fingerprint density at radius 3 is 2.00 bits per heavy atom. The van der Waals surface area contributed by atoms with Crippen LogP contribution in [-0.4, -0.2) is 45.9 Å². The minimum Gasteiger partial charge on any atom is -0.465 e. The summed E-state index contributed by atoms with van der Waals surface area (Å²) in [6.07, 6.45) is 1.02. The van der Waals surface area contributed by atoms with Crippen molar-refractivity contribution in [2.45, 2.75) is 52.7 Å². The number of carbonyl (C=O) groups excluding carboxylic acids is 3. The van der Waals surface area contributed by atoms with Gasteiger partial charge < -0.3 is 14.2 Å². The minimum absolute atomic E-state index is 0.0158. The molecular formula is C19H24BrN3O6. The highest BCUT2D eigenvalue weighted by Gasteiger charge is 2.35. The number of imidazole rings is 1. The molecule has 0 aliphatic heterocycles. The third-order valence-corrected chi connectivity index (χ3v) is 3.94. The minimum atomic E-state index is -0.963. The number of esters is 1. The zero-order chi connectivity index (χ0) is 22.1. The van der Waals surface area contributed by atoms with Crippen LogP contribution in [0.4, 0.5) is 15.3 Å². The molecular weight excluding hydrogens is 446 g/mol. The molecule has 2 aromatic rings. The lowest BCUT2D eigenvalue weighted by atomic mass is 10.2. The van der Waals surface area contributed by atoms with Gasteiger partial charge in [0.2, 0.25) is 0 Å². The lowest BCUT2D eigenvalue weighted by molar-refractivity contribution is 0.0429. The number of imide groups is 1. The van der Waals surface area contributed by atoms with E-state index in [-0.39, 0.29) is 16.9 Å². The van der Waals surface area contributed by atoms with E-state index < -0.39 is 29.4 Å². The van der Waals surface area contributed by atoms with E-state index in [1.165, 1.54) is 30.0 Å². The fourth-order valence-electron chi connectivity index (χ4n) is 2.32. The maximum Gasteiger partial charge on any atom is 0.424 e. The Kier molecular flexibility index (Phi) is 6.27. The van der Waals surface area contributed by atoms with Crippen molar-refractivity contribution in [1.82, 2.24) is 9.38 Å². The number of hydrogen-bond acceptors (Lipinski definition) is 7. The molecule has 2 aromatic heterocycles. The Hall–Kier alpha value is -2.62. The van der Waals surface area contributed by atoms with E-state index in [1.807, 2.05) is 0 Å². The second-order valence-electron chi connectivity index (χ2n) is 8.18. The summed E-state index contributed by atoms with van der Waals surface area (Å²) in [5.74, 6) is -0.651. The van der Waals surface area contributed by atoms with Crippen LogP contribution in [0.5, 0.6) is 0 Å². The number of fused-ring (bicyclic) bond motifs is 1. The predicted molar refractivity (Wildman–Crippen MR) is 109 cm³/mol.